The van der Waals surface area contributed by atoms with Crippen LogP contribution in [0.1, 0.15) is 41.8 Å². The van der Waals surface area contributed by atoms with Gasteiger partial charge in [0.2, 0.25) is 0 Å². The van der Waals surface area contributed by atoms with Gasteiger partial charge in [0.1, 0.15) is 5.75 Å². The first-order chi connectivity index (χ1) is 19.1. The van der Waals surface area contributed by atoms with Gasteiger partial charge in [-0.1, -0.05) is 6.07 Å². The molecule has 0 spiro atoms. The molecule has 2 aromatic carbocycles. The van der Waals surface area contributed by atoms with E-state index in [4.69, 9.17) is 4.74 Å². The van der Waals surface area contributed by atoms with E-state index in [1.165, 1.54) is 17.0 Å². The zero-order valence-corrected chi connectivity index (χ0v) is 21.7. The van der Waals surface area contributed by atoms with Crippen molar-refractivity contribution in [3.63, 3.8) is 0 Å². The van der Waals surface area contributed by atoms with Crippen LogP contribution in [0.2, 0.25) is 0 Å². The molecule has 3 aromatic rings. The fourth-order valence-electron chi connectivity index (χ4n) is 5.82. The van der Waals surface area contributed by atoms with Gasteiger partial charge in [-0.3, -0.25) is 14.2 Å². The number of benzene rings is 2. The molecule has 0 bridgehead atoms. The minimum Gasteiger partial charge on any atom is -0.434 e. The van der Waals surface area contributed by atoms with Crippen molar-refractivity contribution >= 4 is 16.6 Å². The topological polar surface area (TPSA) is 67.3 Å². The molecule has 40 heavy (non-hydrogen) atoms. The zero-order chi connectivity index (χ0) is 28.6. The van der Waals surface area contributed by atoms with Gasteiger partial charge in [-0.25, -0.2) is 0 Å². The minimum atomic E-state index is -4.53. The van der Waals surface area contributed by atoms with Gasteiger partial charge in [0, 0.05) is 59.6 Å². The molecule has 0 radical (unpaired) electrons. The van der Waals surface area contributed by atoms with Crippen LogP contribution in [0.25, 0.3) is 10.9 Å². The molecule has 5 rings (SSSR count). The summed E-state index contributed by atoms with van der Waals surface area (Å²) in [6.45, 7) is -1.21. The van der Waals surface area contributed by atoms with Crippen molar-refractivity contribution in [3.8, 4) is 11.8 Å². The Morgan fingerprint density at radius 3 is 2.62 bits per heavy atom. The first-order valence-electron chi connectivity index (χ1n) is 13.1. The first kappa shape index (κ1) is 28.1. The molecule has 0 amide bonds. The van der Waals surface area contributed by atoms with Crippen molar-refractivity contribution in [2.75, 3.05) is 38.2 Å². The average molecular weight is 566 g/mol. The van der Waals surface area contributed by atoms with Crippen LogP contribution in [-0.4, -0.2) is 72.5 Å². The molecule has 1 fully saturated rings. The molecule has 1 saturated heterocycles. The molecule has 6 nitrogen and oxygen atoms in total. The number of nitriles is 1. The smallest absolute Gasteiger partial charge is 0.401 e. The summed E-state index contributed by atoms with van der Waals surface area (Å²) < 4.78 is 85.8. The summed E-state index contributed by atoms with van der Waals surface area (Å²) in [6.07, 6.45) is -3.81. The van der Waals surface area contributed by atoms with Crippen LogP contribution in [0.4, 0.5) is 32.0 Å². The Morgan fingerprint density at radius 1 is 1.18 bits per heavy atom. The molecule has 0 aliphatic carbocycles. The van der Waals surface area contributed by atoms with Gasteiger partial charge in [0.25, 0.3) is 0 Å². The van der Waals surface area contributed by atoms with E-state index in [1.54, 1.807) is 31.2 Å². The fraction of sp³-hybridized carbons (Fsp3) is 0.464. The molecule has 0 saturated carbocycles. The summed E-state index contributed by atoms with van der Waals surface area (Å²) in [7, 11) is 0. The molecule has 3 heterocycles. The number of H-pyrrole nitrogens is 1. The van der Waals surface area contributed by atoms with Crippen LogP contribution in [0, 0.1) is 11.3 Å². The number of rotatable bonds is 9. The fourth-order valence-corrected chi connectivity index (χ4v) is 5.82. The lowest BCUT2D eigenvalue weighted by Crippen LogP contribution is -2.54. The van der Waals surface area contributed by atoms with Gasteiger partial charge < -0.3 is 15.0 Å². The van der Waals surface area contributed by atoms with Gasteiger partial charge in [0.05, 0.1) is 36.9 Å². The maximum absolute atomic E-state index is 13.8. The van der Waals surface area contributed by atoms with Gasteiger partial charge >= 0.3 is 12.8 Å². The van der Waals surface area contributed by atoms with Crippen molar-refractivity contribution < 1.29 is 31.1 Å². The maximum atomic E-state index is 13.8. The molecule has 2 aliphatic rings. The quantitative estimate of drug-likeness (QED) is 0.312. The van der Waals surface area contributed by atoms with Crippen molar-refractivity contribution in [1.29, 1.82) is 5.26 Å². The number of aromatic nitrogens is 1. The third-order valence-corrected chi connectivity index (χ3v) is 7.56. The van der Waals surface area contributed by atoms with Crippen LogP contribution >= 0.6 is 0 Å². The van der Waals surface area contributed by atoms with E-state index in [1.807, 2.05) is 0 Å². The lowest BCUT2D eigenvalue weighted by atomic mass is 9.88. The van der Waals surface area contributed by atoms with E-state index in [2.05, 4.69) is 21.3 Å². The molecule has 214 valence electrons. The highest BCUT2D eigenvalue weighted by molar-refractivity contribution is 5.87. The van der Waals surface area contributed by atoms with E-state index < -0.39 is 38.1 Å². The third kappa shape index (κ3) is 5.86. The number of hydrogen-bond acceptors (Lipinski definition) is 5. The second-order valence-electron chi connectivity index (χ2n) is 10.4. The summed E-state index contributed by atoms with van der Waals surface area (Å²) in [6, 6.07) is 10.0. The van der Waals surface area contributed by atoms with Gasteiger partial charge in [-0.2, -0.15) is 27.2 Å². The SMILES string of the molecule is CC1Cc2c([nH]c3ccc(C#N)cc23)C(c2ccc(NC3CN(CCCF)C3)cc2OC(F)F)N1CC(F)(F)F. The predicted molar refractivity (Wildman–Crippen MR) is 138 cm³/mol. The number of halogens is 6. The second-order valence-corrected chi connectivity index (χ2v) is 10.4. The van der Waals surface area contributed by atoms with Gasteiger partial charge in [-0.15, -0.1) is 0 Å². The molecule has 2 aliphatic heterocycles. The van der Waals surface area contributed by atoms with Crippen molar-refractivity contribution in [2.45, 2.75) is 50.7 Å². The van der Waals surface area contributed by atoms with Crippen LogP contribution in [-0.2, 0) is 6.42 Å². The third-order valence-electron chi connectivity index (χ3n) is 7.56. The number of hydrogen-bond donors (Lipinski definition) is 2. The lowest BCUT2D eigenvalue weighted by molar-refractivity contribution is -0.155. The summed E-state index contributed by atoms with van der Waals surface area (Å²) in [5.74, 6) is -0.220. The normalized spacial score (nSPS) is 20.4. The summed E-state index contributed by atoms with van der Waals surface area (Å²) in [5.41, 5.74) is 2.93. The van der Waals surface area contributed by atoms with Crippen LogP contribution in [0.5, 0.6) is 5.75 Å². The van der Waals surface area contributed by atoms with E-state index in [9.17, 15) is 31.6 Å². The monoisotopic (exact) mass is 565 g/mol. The van der Waals surface area contributed by atoms with E-state index >= 15 is 0 Å². The van der Waals surface area contributed by atoms with Crippen LogP contribution < -0.4 is 10.1 Å². The number of fused-ring (bicyclic) bond motifs is 3. The molecular formula is C28H29F6N5O. The Labute approximate surface area is 227 Å². The van der Waals surface area contributed by atoms with Crippen LogP contribution in [0.15, 0.2) is 36.4 Å². The number of aromatic amines is 1. The highest BCUT2D eigenvalue weighted by Gasteiger charge is 2.43. The van der Waals surface area contributed by atoms with Crippen molar-refractivity contribution in [3.05, 3.63) is 58.8 Å². The largest absolute Gasteiger partial charge is 0.434 e. The molecule has 2 N–H and O–H groups in total. The average Bonchev–Trinajstić information content (AvgIpc) is 3.22. The van der Waals surface area contributed by atoms with E-state index in [0.717, 1.165) is 10.9 Å². The Hall–Kier alpha value is -3.43. The second kappa shape index (κ2) is 11.2. The predicted octanol–water partition coefficient (Wildman–Crippen LogP) is 5.99. The van der Waals surface area contributed by atoms with Crippen molar-refractivity contribution in [2.24, 2.45) is 0 Å². The van der Waals surface area contributed by atoms with Gasteiger partial charge in [0.15, 0.2) is 0 Å². The summed E-state index contributed by atoms with van der Waals surface area (Å²) in [5, 5.41) is 13.3. The zero-order valence-electron chi connectivity index (χ0n) is 21.7. The number of anilines is 1. The Morgan fingerprint density at radius 2 is 1.95 bits per heavy atom. The van der Waals surface area contributed by atoms with Crippen molar-refractivity contribution in [1.82, 2.24) is 14.8 Å². The first-order valence-corrected chi connectivity index (χ1v) is 13.1. The number of likely N-dealkylation sites (tertiary alicyclic amines) is 1. The van der Waals surface area contributed by atoms with E-state index in [-0.39, 0.29) is 23.8 Å². The molecule has 2 unspecified atom stereocenters. The number of nitrogens with zero attached hydrogens (tertiary/aromatic N) is 3. The Balaban J connectivity index is 1.55. The number of nitrogens with one attached hydrogen (secondary N) is 2. The van der Waals surface area contributed by atoms with Gasteiger partial charge in [-0.05, 0) is 49.6 Å². The molecule has 12 heteroatoms. The Kier molecular flexibility index (Phi) is 7.88. The highest BCUT2D eigenvalue weighted by atomic mass is 19.4. The Bertz CT molecular complexity index is 1390. The summed E-state index contributed by atoms with van der Waals surface area (Å²) >= 11 is 0. The lowest BCUT2D eigenvalue weighted by Gasteiger charge is -2.42. The van der Waals surface area contributed by atoms with Crippen LogP contribution in [0.3, 0.4) is 0 Å². The molecular weight excluding hydrogens is 536 g/mol. The number of ether oxygens (including phenoxy) is 1. The minimum absolute atomic E-state index is 0.0240. The standard InChI is InChI=1S/C28H29F6N5O/c1-16-9-22-21-10-17(12-35)3-6-23(21)37-25(22)26(39(16)15-28(32,33)34)20-5-4-18(11-24(20)40-27(30)31)36-19-13-38(14-19)8-2-7-29/h3-6,10-11,16,19,26-27,36-37H,2,7-9,13-15H2,1H3. The number of alkyl halides is 6. The summed E-state index contributed by atoms with van der Waals surface area (Å²) in [4.78, 5) is 6.52. The maximum Gasteiger partial charge on any atom is 0.401 e. The molecule has 2 atom stereocenters. The molecule has 1 aromatic heterocycles. The van der Waals surface area contributed by atoms with E-state index in [0.29, 0.717) is 48.5 Å². The highest BCUT2D eigenvalue weighted by Crippen LogP contribution is 2.45.